The Morgan fingerprint density at radius 1 is 1.26 bits per heavy atom. The van der Waals surface area contributed by atoms with Gasteiger partial charge in [-0.25, -0.2) is 0 Å². The molecule has 0 spiro atoms. The summed E-state index contributed by atoms with van der Waals surface area (Å²) in [7, 11) is 0. The van der Waals surface area contributed by atoms with E-state index in [1.165, 1.54) is 0 Å². The minimum atomic E-state index is -0.0276. The number of Topliss-reactive ketones (excluding diaryl/α,β-unsaturated/α-hetero) is 1. The minimum Gasteiger partial charge on any atom is -0.490 e. The first-order chi connectivity index (χ1) is 12.8. The first kappa shape index (κ1) is 19.6. The highest BCUT2D eigenvalue weighted by molar-refractivity contribution is 5.85. The molecule has 2 saturated carbocycles. The first-order valence-electron chi connectivity index (χ1n) is 9.74. The summed E-state index contributed by atoms with van der Waals surface area (Å²) in [6.45, 7) is 11.0. The van der Waals surface area contributed by atoms with Crippen molar-refractivity contribution in [2.45, 2.75) is 52.6 Å². The second-order valence-corrected chi connectivity index (χ2v) is 8.68. The molecule has 2 aliphatic carbocycles. The van der Waals surface area contributed by atoms with Crippen molar-refractivity contribution in [1.82, 2.24) is 0 Å². The van der Waals surface area contributed by atoms with Crippen LogP contribution in [-0.4, -0.2) is 11.9 Å². The molecule has 5 nitrogen and oxygen atoms in total. The molecule has 0 unspecified atom stereocenters. The smallest absolute Gasteiger partial charge is 0.373 e. The summed E-state index contributed by atoms with van der Waals surface area (Å²) >= 11 is 0. The average molecular weight is 372 g/mol. The zero-order valence-corrected chi connectivity index (χ0v) is 16.3. The molecule has 2 heterocycles. The standard InChI is InChI=1S/C21H28O3.CO2/c1-12-9-13(2)21(4)7-5-16-14(3)24-18(15-6-8-23-11-15)10-17(16)19(21)20(12)22;2-1-3/h6,8,11-13,16-19H,3,5,7,9-10H2,1-2,4H3;/t12-,13+,16-,17-,18-,19-,21-;/m0./s1. The maximum atomic E-state index is 13.2. The molecule has 5 heteroatoms. The van der Waals surface area contributed by atoms with Gasteiger partial charge in [-0.1, -0.05) is 27.4 Å². The summed E-state index contributed by atoms with van der Waals surface area (Å²) in [6.07, 6.45) is 7.81. The summed E-state index contributed by atoms with van der Waals surface area (Å²) in [5, 5.41) is 0. The van der Waals surface area contributed by atoms with Crippen molar-refractivity contribution in [2.24, 2.45) is 35.0 Å². The maximum absolute atomic E-state index is 13.2. The third-order valence-corrected chi connectivity index (χ3v) is 7.38. The second kappa shape index (κ2) is 7.47. The molecule has 0 radical (unpaired) electrons. The third-order valence-electron chi connectivity index (χ3n) is 7.38. The van der Waals surface area contributed by atoms with E-state index in [9.17, 15) is 4.79 Å². The number of hydrogen-bond donors (Lipinski definition) is 0. The monoisotopic (exact) mass is 372 g/mol. The van der Waals surface area contributed by atoms with E-state index in [4.69, 9.17) is 18.7 Å². The third kappa shape index (κ3) is 3.29. The molecule has 27 heavy (non-hydrogen) atoms. The van der Waals surface area contributed by atoms with Crippen molar-refractivity contribution >= 4 is 11.9 Å². The number of ketones is 1. The van der Waals surface area contributed by atoms with E-state index < -0.39 is 0 Å². The Hall–Kier alpha value is -2.13. The average Bonchev–Trinajstić information content (AvgIpc) is 3.15. The van der Waals surface area contributed by atoms with E-state index in [1.54, 1.807) is 12.5 Å². The molecule has 1 aromatic heterocycles. The molecule has 146 valence electrons. The fraction of sp³-hybridized carbons (Fsp3) is 0.636. The van der Waals surface area contributed by atoms with Gasteiger partial charge in [0.1, 0.15) is 11.9 Å². The van der Waals surface area contributed by atoms with Gasteiger partial charge in [0.2, 0.25) is 0 Å². The van der Waals surface area contributed by atoms with Crippen LogP contribution in [0, 0.1) is 35.0 Å². The molecule has 4 rings (SSSR count). The highest BCUT2D eigenvalue weighted by Gasteiger charge is 2.57. The van der Waals surface area contributed by atoms with Crippen LogP contribution in [0.3, 0.4) is 0 Å². The topological polar surface area (TPSA) is 73.6 Å². The van der Waals surface area contributed by atoms with Crippen molar-refractivity contribution in [2.75, 3.05) is 0 Å². The summed E-state index contributed by atoms with van der Waals surface area (Å²) < 4.78 is 11.4. The molecule has 1 aromatic rings. The molecule has 1 aliphatic heterocycles. The fourth-order valence-electron chi connectivity index (χ4n) is 5.80. The molecule has 0 bridgehead atoms. The summed E-state index contributed by atoms with van der Waals surface area (Å²) in [5.41, 5.74) is 1.19. The van der Waals surface area contributed by atoms with E-state index in [0.717, 1.165) is 37.0 Å². The van der Waals surface area contributed by atoms with Gasteiger partial charge in [-0.3, -0.25) is 4.79 Å². The Bertz CT molecular complexity index is 730. The van der Waals surface area contributed by atoms with E-state index >= 15 is 0 Å². The zero-order valence-electron chi connectivity index (χ0n) is 16.3. The number of carbonyl (C=O) groups is 1. The first-order valence-corrected chi connectivity index (χ1v) is 9.74. The van der Waals surface area contributed by atoms with Gasteiger partial charge in [0.25, 0.3) is 0 Å². The molecular weight excluding hydrogens is 344 g/mol. The normalized spacial score (nSPS) is 40.6. The lowest BCUT2D eigenvalue weighted by atomic mass is 9.47. The van der Waals surface area contributed by atoms with Gasteiger partial charge in [-0.15, -0.1) is 0 Å². The van der Waals surface area contributed by atoms with Crippen molar-refractivity contribution in [3.8, 4) is 0 Å². The lowest BCUT2D eigenvalue weighted by molar-refractivity contribution is -0.191. The van der Waals surface area contributed by atoms with Crippen LogP contribution >= 0.6 is 0 Å². The molecule has 7 atom stereocenters. The molecule has 0 amide bonds. The van der Waals surface area contributed by atoms with Gasteiger partial charge in [-0.05, 0) is 49.0 Å². The van der Waals surface area contributed by atoms with Crippen molar-refractivity contribution in [3.63, 3.8) is 0 Å². The number of rotatable bonds is 1. The molecule has 0 N–H and O–H groups in total. The van der Waals surface area contributed by atoms with E-state index in [-0.39, 0.29) is 29.5 Å². The van der Waals surface area contributed by atoms with Gasteiger partial charge < -0.3 is 9.15 Å². The Kier molecular flexibility index (Phi) is 5.43. The molecular formula is C22H28O5. The summed E-state index contributed by atoms with van der Waals surface area (Å²) in [4.78, 5) is 29.4. The number of ether oxygens (including phenoxy) is 1. The SMILES string of the molecule is C=C1O[C@H](c2ccoc2)C[C@@H]2[C@H]3C(=O)[C@@H](C)C[C@@H](C)[C@]3(C)CC[C@@H]12.O=C=O. The number of furan rings is 1. The predicted octanol–water partition coefficient (Wildman–Crippen LogP) is 4.56. The number of allylic oxidation sites excluding steroid dienone is 1. The fourth-order valence-corrected chi connectivity index (χ4v) is 5.80. The maximum Gasteiger partial charge on any atom is 0.373 e. The molecule has 0 aromatic carbocycles. The lowest BCUT2D eigenvalue weighted by Gasteiger charge is -2.57. The Balaban J connectivity index is 0.000000659. The Morgan fingerprint density at radius 2 is 1.96 bits per heavy atom. The van der Waals surface area contributed by atoms with Gasteiger partial charge in [0.15, 0.2) is 0 Å². The minimum absolute atomic E-state index is 0.0276. The van der Waals surface area contributed by atoms with Crippen LogP contribution in [0.25, 0.3) is 0 Å². The Morgan fingerprint density at radius 3 is 2.59 bits per heavy atom. The number of hydrogen-bond acceptors (Lipinski definition) is 5. The van der Waals surface area contributed by atoms with Crippen LogP contribution in [0.4, 0.5) is 0 Å². The van der Waals surface area contributed by atoms with Gasteiger partial charge in [0, 0.05) is 23.3 Å². The second-order valence-electron chi connectivity index (χ2n) is 8.68. The van der Waals surface area contributed by atoms with Crippen LogP contribution in [0.15, 0.2) is 35.3 Å². The molecule has 3 fully saturated rings. The van der Waals surface area contributed by atoms with Gasteiger partial charge in [-0.2, -0.15) is 9.59 Å². The van der Waals surface area contributed by atoms with Crippen LogP contribution in [-0.2, 0) is 19.1 Å². The van der Waals surface area contributed by atoms with Crippen molar-refractivity contribution in [3.05, 3.63) is 36.5 Å². The van der Waals surface area contributed by atoms with E-state index in [0.29, 0.717) is 23.5 Å². The van der Waals surface area contributed by atoms with Crippen LogP contribution in [0.1, 0.15) is 58.1 Å². The van der Waals surface area contributed by atoms with Crippen LogP contribution in [0.2, 0.25) is 0 Å². The van der Waals surface area contributed by atoms with E-state index in [1.807, 2.05) is 6.07 Å². The number of fused-ring (bicyclic) bond motifs is 3. The van der Waals surface area contributed by atoms with Gasteiger partial charge >= 0.3 is 6.15 Å². The highest BCUT2D eigenvalue weighted by Crippen LogP contribution is 2.61. The van der Waals surface area contributed by atoms with Crippen molar-refractivity contribution < 1.29 is 23.5 Å². The molecule has 3 aliphatic rings. The van der Waals surface area contributed by atoms with Crippen LogP contribution < -0.4 is 0 Å². The summed E-state index contributed by atoms with van der Waals surface area (Å²) in [5.74, 6) is 2.95. The lowest BCUT2D eigenvalue weighted by Crippen LogP contribution is -2.55. The molecule has 1 saturated heterocycles. The van der Waals surface area contributed by atoms with Crippen LogP contribution in [0.5, 0.6) is 0 Å². The summed E-state index contributed by atoms with van der Waals surface area (Å²) in [6, 6.07) is 1.97. The van der Waals surface area contributed by atoms with E-state index in [2.05, 4.69) is 27.4 Å². The predicted molar refractivity (Wildman–Crippen MR) is 97.1 cm³/mol. The quantitative estimate of drug-likeness (QED) is 0.722. The van der Waals surface area contributed by atoms with Crippen molar-refractivity contribution in [1.29, 1.82) is 0 Å². The highest BCUT2D eigenvalue weighted by atomic mass is 16.5. The largest absolute Gasteiger partial charge is 0.490 e. The zero-order chi connectivity index (χ0) is 19.8. The number of carbonyl (C=O) groups excluding carboxylic acids is 3. The van der Waals surface area contributed by atoms with Gasteiger partial charge in [0.05, 0.1) is 18.3 Å². The Labute approximate surface area is 160 Å².